The van der Waals surface area contributed by atoms with Crippen molar-refractivity contribution in [2.45, 2.75) is 13.0 Å². The fraction of sp³-hybridized carbons (Fsp3) is 0.154. The average molecular weight is 262 g/mol. The van der Waals surface area contributed by atoms with Gasteiger partial charge in [-0.05, 0) is 30.3 Å². The molecule has 1 aliphatic heterocycles. The number of allylic oxidation sites excluding steroid dienone is 1. The Hall–Kier alpha value is -1.94. The van der Waals surface area contributed by atoms with Crippen molar-refractivity contribution in [3.63, 3.8) is 0 Å². The van der Waals surface area contributed by atoms with Crippen LogP contribution in [0.2, 0.25) is 5.02 Å². The lowest BCUT2D eigenvalue weighted by atomic mass is 10.1. The van der Waals surface area contributed by atoms with Crippen LogP contribution in [0.15, 0.2) is 24.4 Å². The van der Waals surface area contributed by atoms with Gasteiger partial charge in [0, 0.05) is 16.1 Å². The second-order valence-electron chi connectivity index (χ2n) is 4.21. The molecule has 3 rings (SSSR count). The number of hydrogen-bond acceptors (Lipinski definition) is 2. The highest BCUT2D eigenvalue weighted by Crippen LogP contribution is 2.32. The first-order valence-electron chi connectivity index (χ1n) is 5.71. The molecule has 2 aromatic rings. The van der Waals surface area contributed by atoms with Crippen molar-refractivity contribution in [3.05, 3.63) is 40.7 Å². The molecule has 18 heavy (non-hydrogen) atoms. The first-order chi connectivity index (χ1) is 8.79. The number of nitrogens with one attached hydrogen (secondary N) is 3. The molecule has 0 unspecified atom stereocenters. The largest absolute Gasteiger partial charge is 0.386 e. The summed E-state index contributed by atoms with van der Waals surface area (Å²) in [6, 6.07) is 3.68. The zero-order valence-corrected chi connectivity index (χ0v) is 10.3. The van der Waals surface area contributed by atoms with Gasteiger partial charge in [0.25, 0.3) is 0 Å². The zero-order valence-electron chi connectivity index (χ0n) is 9.59. The maximum absolute atomic E-state index is 10.6. The SMILES string of the molecule is O=CNc1cc(Cl)cc2c3c([nH]c12)CNC=CC3. The Bertz CT molecular complexity index is 645. The van der Waals surface area contributed by atoms with Crippen LogP contribution < -0.4 is 10.6 Å². The molecule has 0 atom stereocenters. The van der Waals surface area contributed by atoms with Crippen LogP contribution >= 0.6 is 11.6 Å². The van der Waals surface area contributed by atoms with Crippen molar-refractivity contribution in [1.82, 2.24) is 10.3 Å². The molecule has 0 saturated heterocycles. The number of carbonyl (C=O) groups is 1. The van der Waals surface area contributed by atoms with Crippen LogP contribution in [0.3, 0.4) is 0 Å². The van der Waals surface area contributed by atoms with Crippen LogP contribution in [-0.2, 0) is 17.8 Å². The van der Waals surface area contributed by atoms with Gasteiger partial charge < -0.3 is 15.6 Å². The summed E-state index contributed by atoms with van der Waals surface area (Å²) in [7, 11) is 0. The summed E-state index contributed by atoms with van der Waals surface area (Å²) in [6.07, 6.45) is 5.54. The smallest absolute Gasteiger partial charge is 0.211 e. The molecule has 0 aliphatic carbocycles. The normalized spacial score (nSPS) is 13.8. The fourth-order valence-corrected chi connectivity index (χ4v) is 2.57. The van der Waals surface area contributed by atoms with Gasteiger partial charge in [-0.1, -0.05) is 17.7 Å². The Morgan fingerprint density at radius 2 is 2.28 bits per heavy atom. The van der Waals surface area contributed by atoms with Crippen LogP contribution in [0.25, 0.3) is 10.9 Å². The third-order valence-corrected chi connectivity index (χ3v) is 3.34. The van der Waals surface area contributed by atoms with E-state index in [4.69, 9.17) is 11.6 Å². The van der Waals surface area contributed by atoms with Crippen molar-refractivity contribution in [3.8, 4) is 0 Å². The van der Waals surface area contributed by atoms with E-state index in [1.54, 1.807) is 6.07 Å². The average Bonchev–Trinajstić information content (AvgIpc) is 2.55. The van der Waals surface area contributed by atoms with Crippen LogP contribution in [0, 0.1) is 0 Å². The van der Waals surface area contributed by atoms with Crippen molar-refractivity contribution in [2.24, 2.45) is 0 Å². The van der Waals surface area contributed by atoms with E-state index < -0.39 is 0 Å². The minimum absolute atomic E-state index is 0.620. The highest BCUT2D eigenvalue weighted by atomic mass is 35.5. The molecule has 2 heterocycles. The summed E-state index contributed by atoms with van der Waals surface area (Å²) in [4.78, 5) is 14.0. The molecule has 1 aliphatic rings. The van der Waals surface area contributed by atoms with Gasteiger partial charge in [0.15, 0.2) is 0 Å². The lowest BCUT2D eigenvalue weighted by Crippen LogP contribution is -2.03. The number of benzene rings is 1. The molecule has 0 spiro atoms. The number of H-pyrrole nitrogens is 1. The standard InChI is InChI=1S/C13H12ClN3O/c14-8-4-10-9-2-1-3-15-6-12(9)17-13(10)11(5-8)16-7-18/h1,3-5,7,15,17H,2,6H2,(H,16,18). The summed E-state index contributed by atoms with van der Waals surface area (Å²) in [6.45, 7) is 0.749. The van der Waals surface area contributed by atoms with E-state index >= 15 is 0 Å². The van der Waals surface area contributed by atoms with Gasteiger partial charge in [0.1, 0.15) is 0 Å². The highest BCUT2D eigenvalue weighted by molar-refractivity contribution is 6.32. The van der Waals surface area contributed by atoms with E-state index in [2.05, 4.69) is 21.7 Å². The Balaban J connectivity index is 2.27. The number of hydrogen-bond donors (Lipinski definition) is 3. The second kappa shape index (κ2) is 4.38. The molecule has 5 heteroatoms. The van der Waals surface area contributed by atoms with Crippen molar-refractivity contribution in [1.29, 1.82) is 0 Å². The van der Waals surface area contributed by atoms with Crippen molar-refractivity contribution in [2.75, 3.05) is 5.32 Å². The number of aromatic nitrogens is 1. The molecule has 0 saturated carbocycles. The minimum Gasteiger partial charge on any atom is -0.386 e. The number of aromatic amines is 1. The van der Waals surface area contributed by atoms with Crippen molar-refractivity contribution >= 4 is 34.6 Å². The number of carbonyl (C=O) groups excluding carboxylic acids is 1. The molecule has 1 amide bonds. The number of halogens is 1. The minimum atomic E-state index is 0.620. The van der Waals surface area contributed by atoms with Gasteiger partial charge in [-0.2, -0.15) is 0 Å². The molecule has 1 aromatic carbocycles. The quantitative estimate of drug-likeness (QED) is 0.728. The van der Waals surface area contributed by atoms with E-state index in [0.29, 0.717) is 17.1 Å². The second-order valence-corrected chi connectivity index (χ2v) is 4.64. The molecule has 0 bridgehead atoms. The Labute approximate surface area is 109 Å². The first-order valence-corrected chi connectivity index (χ1v) is 6.09. The van der Waals surface area contributed by atoms with Gasteiger partial charge in [-0.15, -0.1) is 0 Å². The monoisotopic (exact) mass is 261 g/mol. The number of rotatable bonds is 2. The van der Waals surface area contributed by atoms with Gasteiger partial charge in [-0.3, -0.25) is 4.79 Å². The number of fused-ring (bicyclic) bond motifs is 3. The lowest BCUT2D eigenvalue weighted by molar-refractivity contribution is -0.105. The molecular weight excluding hydrogens is 250 g/mol. The summed E-state index contributed by atoms with van der Waals surface area (Å²) in [5.74, 6) is 0. The molecule has 0 fully saturated rings. The summed E-state index contributed by atoms with van der Waals surface area (Å²) >= 11 is 6.10. The number of anilines is 1. The van der Waals surface area contributed by atoms with Crippen LogP contribution in [-0.4, -0.2) is 11.4 Å². The Kier molecular flexibility index (Phi) is 2.72. The van der Waals surface area contributed by atoms with Gasteiger partial charge in [-0.25, -0.2) is 0 Å². The van der Waals surface area contributed by atoms with Crippen LogP contribution in [0.5, 0.6) is 0 Å². The fourth-order valence-electron chi connectivity index (χ4n) is 2.35. The zero-order chi connectivity index (χ0) is 12.5. The molecule has 3 N–H and O–H groups in total. The van der Waals surface area contributed by atoms with Crippen LogP contribution in [0.4, 0.5) is 5.69 Å². The highest BCUT2D eigenvalue weighted by Gasteiger charge is 2.15. The van der Waals surface area contributed by atoms with Crippen LogP contribution in [0.1, 0.15) is 11.3 Å². The van der Waals surface area contributed by atoms with E-state index in [1.165, 1.54) is 5.56 Å². The van der Waals surface area contributed by atoms with E-state index in [0.717, 1.165) is 29.6 Å². The third kappa shape index (κ3) is 1.75. The molecular formula is C13H12ClN3O. The predicted molar refractivity (Wildman–Crippen MR) is 72.7 cm³/mol. The summed E-state index contributed by atoms with van der Waals surface area (Å²) < 4.78 is 0. The van der Waals surface area contributed by atoms with E-state index in [1.807, 2.05) is 12.3 Å². The molecule has 92 valence electrons. The summed E-state index contributed by atoms with van der Waals surface area (Å²) in [5.41, 5.74) is 3.99. The predicted octanol–water partition coefficient (Wildman–Crippen LogP) is 2.55. The Morgan fingerprint density at radius 1 is 1.39 bits per heavy atom. The van der Waals surface area contributed by atoms with Gasteiger partial charge >= 0.3 is 0 Å². The van der Waals surface area contributed by atoms with E-state index in [-0.39, 0.29) is 0 Å². The summed E-state index contributed by atoms with van der Waals surface area (Å²) in [5, 5.41) is 7.56. The number of amides is 1. The van der Waals surface area contributed by atoms with E-state index in [9.17, 15) is 4.79 Å². The van der Waals surface area contributed by atoms with Crippen molar-refractivity contribution < 1.29 is 4.79 Å². The lowest BCUT2D eigenvalue weighted by Gasteiger charge is -2.03. The Morgan fingerprint density at radius 3 is 3.11 bits per heavy atom. The molecule has 0 radical (unpaired) electrons. The topological polar surface area (TPSA) is 56.9 Å². The van der Waals surface area contributed by atoms with Gasteiger partial charge in [0.05, 0.1) is 17.7 Å². The maximum Gasteiger partial charge on any atom is 0.211 e. The molecule has 1 aromatic heterocycles. The maximum atomic E-state index is 10.6. The third-order valence-electron chi connectivity index (χ3n) is 3.12. The van der Waals surface area contributed by atoms with Gasteiger partial charge in [0.2, 0.25) is 6.41 Å². The molecule has 4 nitrogen and oxygen atoms in total. The first kappa shape index (κ1) is 11.2.